The first-order valence-electron chi connectivity index (χ1n) is 14.4. The van der Waals surface area contributed by atoms with Crippen molar-refractivity contribution in [1.82, 2.24) is 20.9 Å². The van der Waals surface area contributed by atoms with Gasteiger partial charge in [-0.15, -0.1) is 0 Å². The van der Waals surface area contributed by atoms with Crippen molar-refractivity contribution in [3.05, 3.63) is 70.2 Å². The molecule has 1 unspecified atom stereocenters. The molecule has 1 heterocycles. The number of hydrogen-bond donors (Lipinski definition) is 4. The number of nitrogens with zero attached hydrogens (tertiary/aromatic N) is 1. The van der Waals surface area contributed by atoms with E-state index in [2.05, 4.69) is 16.0 Å². The minimum Gasteiger partial charge on any atom is -0.444 e. The molecule has 0 aromatic heterocycles. The fraction of sp³-hybridized carbons (Fsp3) is 0.469. The lowest BCUT2D eigenvalue weighted by Gasteiger charge is -2.28. The fourth-order valence-electron chi connectivity index (χ4n) is 4.61. The maximum Gasteiger partial charge on any atom is 0.413 e. The molecule has 4 N–H and O–H groups in total. The number of alkyl carbamates (subject to hydrolysis) is 1. The molecule has 0 radical (unpaired) electrons. The van der Waals surface area contributed by atoms with Gasteiger partial charge in [0.25, 0.3) is 0 Å². The van der Waals surface area contributed by atoms with E-state index < -0.39 is 47.3 Å². The Hall–Kier alpha value is -4.12. The van der Waals surface area contributed by atoms with E-state index in [-0.39, 0.29) is 23.3 Å². The maximum absolute atomic E-state index is 13.4. The van der Waals surface area contributed by atoms with Crippen molar-refractivity contribution in [3.8, 4) is 0 Å². The van der Waals surface area contributed by atoms with Gasteiger partial charge in [-0.3, -0.25) is 25.2 Å². The number of rotatable bonds is 7. The number of likely N-dealkylation sites (tertiary alicyclic amines) is 1. The van der Waals surface area contributed by atoms with E-state index in [1.807, 2.05) is 30.3 Å². The molecule has 0 aliphatic carbocycles. The van der Waals surface area contributed by atoms with Crippen LogP contribution in [0.4, 0.5) is 9.59 Å². The molecule has 11 nitrogen and oxygen atoms in total. The summed E-state index contributed by atoms with van der Waals surface area (Å²) in [4.78, 5) is 52.7. The van der Waals surface area contributed by atoms with Crippen molar-refractivity contribution in [2.24, 2.45) is 0 Å². The van der Waals surface area contributed by atoms with Crippen molar-refractivity contribution < 1.29 is 28.7 Å². The Morgan fingerprint density at radius 3 is 2.23 bits per heavy atom. The van der Waals surface area contributed by atoms with Crippen LogP contribution in [0.5, 0.6) is 0 Å². The van der Waals surface area contributed by atoms with E-state index in [0.717, 1.165) is 5.56 Å². The van der Waals surface area contributed by atoms with E-state index in [9.17, 15) is 19.2 Å². The molecule has 4 amide bonds. The van der Waals surface area contributed by atoms with Crippen LogP contribution in [-0.4, -0.2) is 64.6 Å². The molecule has 0 spiro atoms. The van der Waals surface area contributed by atoms with Crippen molar-refractivity contribution in [3.63, 3.8) is 0 Å². The Labute approximate surface area is 263 Å². The lowest BCUT2D eigenvalue weighted by molar-refractivity contribution is -0.131. The highest BCUT2D eigenvalue weighted by atomic mass is 35.5. The number of halogens is 1. The minimum absolute atomic E-state index is 0.0606. The molecule has 1 aliphatic rings. The van der Waals surface area contributed by atoms with Gasteiger partial charge in [0.15, 0.2) is 0 Å². The second-order valence-electron chi connectivity index (χ2n) is 12.7. The van der Waals surface area contributed by atoms with Crippen molar-refractivity contribution in [2.45, 2.75) is 90.6 Å². The molecule has 1 fully saturated rings. The Balaban J connectivity index is 1.60. The third-order valence-electron chi connectivity index (χ3n) is 6.68. The molecule has 3 atom stereocenters. The number of carbonyl (C=O) groups is 4. The van der Waals surface area contributed by atoms with Crippen LogP contribution < -0.4 is 16.0 Å². The van der Waals surface area contributed by atoms with Gasteiger partial charge in [0.2, 0.25) is 11.8 Å². The van der Waals surface area contributed by atoms with Gasteiger partial charge in [0, 0.05) is 29.6 Å². The summed E-state index contributed by atoms with van der Waals surface area (Å²) in [6.45, 7) is 12.4. The molecule has 0 saturated carbocycles. The molecule has 2 aromatic rings. The van der Waals surface area contributed by atoms with Crippen LogP contribution in [0.15, 0.2) is 48.5 Å². The van der Waals surface area contributed by atoms with Crippen LogP contribution in [0.2, 0.25) is 5.02 Å². The smallest absolute Gasteiger partial charge is 0.413 e. The molecule has 1 aliphatic heterocycles. The van der Waals surface area contributed by atoms with E-state index in [4.69, 9.17) is 26.5 Å². The van der Waals surface area contributed by atoms with Crippen LogP contribution >= 0.6 is 11.6 Å². The van der Waals surface area contributed by atoms with Gasteiger partial charge in [0.05, 0.1) is 0 Å². The lowest BCUT2D eigenvalue weighted by Crippen LogP contribution is -2.52. The third kappa shape index (κ3) is 9.97. The summed E-state index contributed by atoms with van der Waals surface area (Å²) < 4.78 is 10.7. The standard InChI is InChI=1S/C32H42ClN5O6/c1-19(27(39)35-17-22-14-13-21(15-24(22)33)26(34)37-29(41)43-31(2,3)4)36-28(40)25-16-23(20-11-9-8-10-12-20)18-38(25)30(42)44-32(5,6)7/h8-15,19,23,25H,16-18H2,1-7H3,(H,35,39)(H,36,40)(H2,34,37,41)/t19?,23-,25+/m0/s1. The third-order valence-corrected chi connectivity index (χ3v) is 7.03. The van der Waals surface area contributed by atoms with E-state index in [1.165, 1.54) is 11.0 Å². The first-order chi connectivity index (χ1) is 20.4. The Morgan fingerprint density at radius 1 is 1.00 bits per heavy atom. The highest BCUT2D eigenvalue weighted by Gasteiger charge is 2.42. The number of nitrogens with one attached hydrogen (secondary N) is 4. The molecule has 238 valence electrons. The summed E-state index contributed by atoms with van der Waals surface area (Å²) >= 11 is 6.39. The Morgan fingerprint density at radius 2 is 1.64 bits per heavy atom. The molecule has 44 heavy (non-hydrogen) atoms. The van der Waals surface area contributed by atoms with Crippen LogP contribution in [0.25, 0.3) is 0 Å². The average molecular weight is 628 g/mol. The van der Waals surface area contributed by atoms with Gasteiger partial charge in [-0.2, -0.15) is 0 Å². The number of amides is 4. The summed E-state index contributed by atoms with van der Waals surface area (Å²) in [6, 6.07) is 12.7. The van der Waals surface area contributed by atoms with Gasteiger partial charge in [-0.1, -0.05) is 54.1 Å². The van der Waals surface area contributed by atoms with Gasteiger partial charge in [-0.25, -0.2) is 9.59 Å². The molecular formula is C32H42ClN5O6. The highest BCUT2D eigenvalue weighted by Crippen LogP contribution is 2.33. The zero-order valence-corrected chi connectivity index (χ0v) is 27.0. The van der Waals surface area contributed by atoms with Crippen LogP contribution in [0.3, 0.4) is 0 Å². The summed E-state index contributed by atoms with van der Waals surface area (Å²) in [5, 5.41) is 16.3. The fourth-order valence-corrected chi connectivity index (χ4v) is 4.86. The number of amidine groups is 1. The van der Waals surface area contributed by atoms with Crippen molar-refractivity contribution in [2.75, 3.05) is 6.54 Å². The second-order valence-corrected chi connectivity index (χ2v) is 13.2. The van der Waals surface area contributed by atoms with Gasteiger partial charge < -0.3 is 20.1 Å². The maximum atomic E-state index is 13.4. The van der Waals surface area contributed by atoms with Gasteiger partial charge in [0.1, 0.15) is 29.1 Å². The predicted octanol–water partition coefficient (Wildman–Crippen LogP) is 5.10. The predicted molar refractivity (Wildman–Crippen MR) is 168 cm³/mol. The zero-order valence-electron chi connectivity index (χ0n) is 26.2. The van der Waals surface area contributed by atoms with Crippen LogP contribution in [-0.2, 0) is 25.6 Å². The molecule has 3 rings (SSSR count). The summed E-state index contributed by atoms with van der Waals surface area (Å²) in [5.74, 6) is -1.14. The van der Waals surface area contributed by atoms with Crippen molar-refractivity contribution >= 4 is 41.4 Å². The second kappa shape index (κ2) is 14.1. The summed E-state index contributed by atoms with van der Waals surface area (Å²) in [6.07, 6.45) is -0.947. The first-order valence-corrected chi connectivity index (χ1v) is 14.8. The van der Waals surface area contributed by atoms with Crippen LogP contribution in [0.1, 0.15) is 77.5 Å². The monoisotopic (exact) mass is 627 g/mol. The quantitative estimate of drug-likeness (QED) is 0.248. The average Bonchev–Trinajstić information content (AvgIpc) is 3.37. The summed E-state index contributed by atoms with van der Waals surface area (Å²) in [5.41, 5.74) is 0.506. The highest BCUT2D eigenvalue weighted by molar-refractivity contribution is 6.31. The van der Waals surface area contributed by atoms with E-state index in [1.54, 1.807) is 60.6 Å². The number of benzene rings is 2. The molecule has 12 heteroatoms. The molecular weight excluding hydrogens is 586 g/mol. The molecule has 2 aromatic carbocycles. The minimum atomic E-state index is -0.900. The van der Waals surface area contributed by atoms with E-state index in [0.29, 0.717) is 24.1 Å². The number of carbonyl (C=O) groups excluding carboxylic acids is 4. The molecule has 0 bridgehead atoms. The van der Waals surface area contributed by atoms with E-state index >= 15 is 0 Å². The topological polar surface area (TPSA) is 150 Å². The van der Waals surface area contributed by atoms with Gasteiger partial charge >= 0.3 is 12.2 Å². The summed E-state index contributed by atoms with van der Waals surface area (Å²) in [7, 11) is 0. The lowest BCUT2D eigenvalue weighted by atomic mass is 9.96. The SMILES string of the molecule is CC(NC(=O)[C@H]1C[C@H](c2ccccc2)CN1C(=O)OC(C)(C)C)C(=O)NCc1ccc(C(=N)NC(=O)OC(C)(C)C)cc1Cl. The Bertz CT molecular complexity index is 1390. The number of hydrogen-bond acceptors (Lipinski definition) is 7. The molecule has 1 saturated heterocycles. The first kappa shape index (κ1) is 34.4. The van der Waals surface area contributed by atoms with Crippen molar-refractivity contribution in [1.29, 1.82) is 5.41 Å². The number of ether oxygens (including phenoxy) is 2. The van der Waals surface area contributed by atoms with Gasteiger partial charge in [-0.05, 0) is 72.1 Å². The van der Waals surface area contributed by atoms with Crippen LogP contribution in [0, 0.1) is 5.41 Å². The Kier molecular flexibility index (Phi) is 11.0. The normalized spacial score (nSPS) is 17.3. The largest absolute Gasteiger partial charge is 0.444 e. The zero-order chi connectivity index (χ0) is 32.8.